The lowest BCUT2D eigenvalue weighted by atomic mass is 9.44. The molecule has 1 aromatic carbocycles. The van der Waals surface area contributed by atoms with Crippen molar-refractivity contribution in [2.75, 3.05) is 26.4 Å². The van der Waals surface area contributed by atoms with E-state index in [1.807, 2.05) is 0 Å². The summed E-state index contributed by atoms with van der Waals surface area (Å²) >= 11 is 0. The molecular weight excluding hydrogens is 795 g/mol. The molecule has 0 aliphatic heterocycles. The van der Waals surface area contributed by atoms with Gasteiger partial charge in [-0.05, 0) is 82.1 Å². The lowest BCUT2D eigenvalue weighted by molar-refractivity contribution is -0.492. The van der Waals surface area contributed by atoms with Gasteiger partial charge in [0.1, 0.15) is 6.10 Å². The van der Waals surface area contributed by atoms with Crippen LogP contribution in [0.5, 0.6) is 17.2 Å². The Hall–Kier alpha value is -4.62. The highest BCUT2D eigenvalue weighted by molar-refractivity contribution is 6.01. The van der Waals surface area contributed by atoms with E-state index < -0.39 is 130 Å². The number of fused-ring (bicyclic) bond motifs is 5. The van der Waals surface area contributed by atoms with Crippen molar-refractivity contribution in [3.63, 3.8) is 0 Å². The summed E-state index contributed by atoms with van der Waals surface area (Å²) in [7, 11) is 0. The largest absolute Gasteiger partial charge is 0.514 e. The number of unbranched alkanes of at least 4 members (excludes halogenated alkanes) is 1. The van der Waals surface area contributed by atoms with E-state index in [0.29, 0.717) is 5.57 Å². The molecule has 3 unspecified atom stereocenters. The first-order valence-corrected chi connectivity index (χ1v) is 18.6. The number of aliphatic hydroxyl groups is 2. The minimum absolute atomic E-state index is 0.0896. The predicted molar refractivity (Wildman–Crippen MR) is 187 cm³/mol. The molecule has 3 saturated carbocycles. The Labute approximate surface area is 335 Å². The van der Waals surface area contributed by atoms with Gasteiger partial charge in [-0.3, -0.25) is 44.9 Å². The van der Waals surface area contributed by atoms with E-state index in [1.165, 1.54) is 25.2 Å². The van der Waals surface area contributed by atoms with Crippen molar-refractivity contribution >= 4 is 29.7 Å². The number of benzene rings is 1. The number of nitrogens with zero attached hydrogens (tertiary/aromatic N) is 2. The van der Waals surface area contributed by atoms with Crippen LogP contribution in [-0.4, -0.2) is 132 Å². The molecule has 0 heterocycles. The topological polar surface area (TPSA) is 309 Å². The third-order valence-corrected chi connectivity index (χ3v) is 12.0. The molecule has 21 nitrogen and oxygen atoms in total. The molecule has 1 aromatic rings. The maximum absolute atomic E-state index is 17.7. The molecular formula is C37H47FN2O19. The maximum atomic E-state index is 17.7. The molecule has 4 aliphatic rings. The van der Waals surface area contributed by atoms with Gasteiger partial charge < -0.3 is 39.4 Å². The Morgan fingerprint density at radius 3 is 2.24 bits per heavy atom. The van der Waals surface area contributed by atoms with Crippen molar-refractivity contribution in [1.29, 1.82) is 0 Å². The second-order valence-corrected chi connectivity index (χ2v) is 15.3. The predicted octanol–water partition coefficient (Wildman–Crippen LogP) is 2.55. The van der Waals surface area contributed by atoms with E-state index >= 15 is 4.39 Å². The molecule has 0 amide bonds. The number of phenolic OH excluding ortho intramolecular Hbond substituents is 2. The first kappa shape index (κ1) is 45.5. The molecule has 8 atom stereocenters. The van der Waals surface area contributed by atoms with Gasteiger partial charge in [-0.25, -0.2) is 14.0 Å². The summed E-state index contributed by atoms with van der Waals surface area (Å²) in [5, 5.41) is 77.8. The summed E-state index contributed by atoms with van der Waals surface area (Å²) in [6.45, 7) is 1.05. The Kier molecular flexibility index (Phi) is 13.8. The number of ketones is 2. The van der Waals surface area contributed by atoms with Crippen LogP contribution in [-0.2, 0) is 38.3 Å². The average molecular weight is 843 g/mol. The molecule has 4 aliphatic carbocycles. The summed E-state index contributed by atoms with van der Waals surface area (Å²) in [6, 6.07) is 1.63. The second kappa shape index (κ2) is 17.9. The SMILES string of the molecule is CC12C[C@H](O)[C@@]3(F)C(CCC4=CC(=O)C=C[C@@]43C)C1C[C@@H](O)[C@]2(OC(=O)CCCON(O)O)C(=O)COC(=O)Oc1cc(C(=O)OCCCCON(O)O)cc(O)c1O. The molecule has 0 radical (unpaired) electrons. The summed E-state index contributed by atoms with van der Waals surface area (Å²) in [5.41, 5.74) is -8.02. The quantitative estimate of drug-likeness (QED) is 0.0279. The fourth-order valence-corrected chi connectivity index (χ4v) is 9.29. The van der Waals surface area contributed by atoms with E-state index in [9.17, 15) is 44.4 Å². The van der Waals surface area contributed by atoms with E-state index in [4.69, 9.17) is 39.8 Å². The molecule has 0 aromatic heterocycles. The van der Waals surface area contributed by atoms with E-state index in [2.05, 4.69) is 9.68 Å². The molecule has 0 saturated heterocycles. The fraction of sp³-hybridized carbons (Fsp3) is 0.595. The van der Waals surface area contributed by atoms with Gasteiger partial charge in [0.05, 0.1) is 42.3 Å². The van der Waals surface area contributed by atoms with Gasteiger partial charge >= 0.3 is 18.1 Å². The van der Waals surface area contributed by atoms with Crippen LogP contribution < -0.4 is 4.74 Å². The Balaban J connectivity index is 1.36. The molecule has 8 N–H and O–H groups in total. The fourth-order valence-electron chi connectivity index (χ4n) is 9.29. The molecule has 59 heavy (non-hydrogen) atoms. The van der Waals surface area contributed by atoms with Crippen LogP contribution in [0.25, 0.3) is 0 Å². The molecule has 5 rings (SSSR count). The van der Waals surface area contributed by atoms with Crippen LogP contribution in [0.15, 0.2) is 35.9 Å². The number of carbonyl (C=O) groups is 5. The summed E-state index contributed by atoms with van der Waals surface area (Å²) in [4.78, 5) is 74.4. The number of carbonyl (C=O) groups excluding carboxylic acids is 5. The Bertz CT molecular complexity index is 1860. The van der Waals surface area contributed by atoms with Crippen molar-refractivity contribution in [3.05, 3.63) is 41.5 Å². The van der Waals surface area contributed by atoms with Crippen LogP contribution in [0.4, 0.5) is 9.18 Å². The molecule has 0 bridgehead atoms. The number of Topliss-reactive ketones (excluding diaryl/α,β-unsaturated/α-hetero) is 1. The standard InChI is InChI=1S/C37H47FN2O19/c1-34-10-9-22(41)16-21(34)7-8-23-24-17-27(43)37(35(24,2)18-28(44)36(23,34)38,59-30(46)6-5-13-57-40(52)53)29(45)19-55-33(49)58-26-15-20(14-25(42)31(26)47)32(48)54-11-3-4-12-56-39(50)51/h9-10,14-16,23-24,27-28,42-44,47,50-53H,3-8,11-13,17-19H2,1-2H3/t23?,24?,27-,28+,34+,35?,36+,37+/m1/s1. The number of hydrogen-bond donors (Lipinski definition) is 8. The van der Waals surface area contributed by atoms with Crippen molar-refractivity contribution in [3.8, 4) is 17.2 Å². The zero-order chi connectivity index (χ0) is 43.5. The highest BCUT2D eigenvalue weighted by Gasteiger charge is 2.78. The van der Waals surface area contributed by atoms with Gasteiger partial charge in [0.2, 0.25) is 17.1 Å². The first-order valence-electron chi connectivity index (χ1n) is 18.6. The van der Waals surface area contributed by atoms with Crippen molar-refractivity contribution in [2.24, 2.45) is 22.7 Å². The lowest BCUT2D eigenvalue weighted by Gasteiger charge is -2.62. The van der Waals surface area contributed by atoms with Crippen LogP contribution in [0, 0.1) is 22.7 Å². The van der Waals surface area contributed by atoms with Crippen LogP contribution in [0.2, 0.25) is 0 Å². The number of rotatable bonds is 17. The van der Waals surface area contributed by atoms with Crippen molar-refractivity contribution in [2.45, 2.75) is 88.7 Å². The number of halogens is 1. The summed E-state index contributed by atoms with van der Waals surface area (Å²) in [6.07, 6.45) is -2.12. The minimum Gasteiger partial charge on any atom is -0.504 e. The highest BCUT2D eigenvalue weighted by atomic mass is 19.1. The highest BCUT2D eigenvalue weighted by Crippen LogP contribution is 2.70. The number of hydrogen-bond acceptors (Lipinski definition) is 21. The number of ether oxygens (including phenoxy) is 4. The molecule has 22 heteroatoms. The number of aromatic hydroxyl groups is 2. The zero-order valence-electron chi connectivity index (χ0n) is 32.0. The summed E-state index contributed by atoms with van der Waals surface area (Å²) < 4.78 is 38.7. The number of aliphatic hydroxyl groups excluding tert-OH is 2. The normalized spacial score (nSPS) is 30.9. The van der Waals surface area contributed by atoms with Crippen molar-refractivity contribution in [1.82, 2.24) is 10.8 Å². The Morgan fingerprint density at radius 2 is 1.56 bits per heavy atom. The minimum atomic E-state index is -2.57. The smallest absolute Gasteiger partial charge is 0.504 e. The van der Waals surface area contributed by atoms with Crippen LogP contribution >= 0.6 is 0 Å². The van der Waals surface area contributed by atoms with E-state index in [1.54, 1.807) is 6.92 Å². The van der Waals surface area contributed by atoms with Crippen molar-refractivity contribution < 1.29 is 98.2 Å². The van der Waals surface area contributed by atoms with Crippen LogP contribution in [0.1, 0.15) is 75.6 Å². The third kappa shape index (κ3) is 8.68. The number of allylic oxidation sites excluding steroid dienone is 4. The second-order valence-electron chi connectivity index (χ2n) is 15.3. The average Bonchev–Trinajstić information content (AvgIpc) is 3.38. The van der Waals surface area contributed by atoms with E-state index in [0.717, 1.165) is 12.1 Å². The number of esters is 2. The van der Waals surface area contributed by atoms with E-state index in [-0.39, 0.29) is 57.5 Å². The van der Waals surface area contributed by atoms with Gasteiger partial charge in [-0.1, -0.05) is 18.6 Å². The maximum Gasteiger partial charge on any atom is 0.514 e. The van der Waals surface area contributed by atoms with Gasteiger partial charge in [-0.15, -0.1) is 0 Å². The number of phenols is 2. The molecule has 0 spiro atoms. The van der Waals surface area contributed by atoms with Gasteiger partial charge in [0, 0.05) is 23.2 Å². The zero-order valence-corrected chi connectivity index (χ0v) is 32.0. The molecule has 3 fully saturated rings. The molecule has 326 valence electrons. The van der Waals surface area contributed by atoms with Crippen LogP contribution in [0.3, 0.4) is 0 Å². The lowest BCUT2D eigenvalue weighted by Crippen LogP contribution is -2.70. The number of alkyl halides is 1. The van der Waals surface area contributed by atoms with Gasteiger partial charge in [0.25, 0.3) is 0 Å². The summed E-state index contributed by atoms with van der Waals surface area (Å²) in [5.74, 6) is -8.35. The Morgan fingerprint density at radius 1 is 0.898 bits per heavy atom. The van der Waals surface area contributed by atoms with Gasteiger partial charge in [-0.2, -0.15) is 0 Å². The van der Waals surface area contributed by atoms with Gasteiger partial charge in [0.15, 0.2) is 29.6 Å². The third-order valence-electron chi connectivity index (χ3n) is 12.0. The monoisotopic (exact) mass is 842 g/mol. The first-order chi connectivity index (χ1) is 27.7.